The van der Waals surface area contributed by atoms with Gasteiger partial charge in [-0.3, -0.25) is 4.79 Å². The Bertz CT molecular complexity index is 4680. The van der Waals surface area contributed by atoms with Crippen LogP contribution in [0.15, 0.2) is 151 Å². The molecule has 5 aromatic rings. The van der Waals surface area contributed by atoms with Crippen LogP contribution >= 0.6 is 0 Å². The number of phenols is 2. The average Bonchev–Trinajstić information content (AvgIpc) is 1.78. The molecule has 0 saturated carbocycles. The second-order valence-electron chi connectivity index (χ2n) is 28.6. The number of carbonyl (C=O) groups is 6. The van der Waals surface area contributed by atoms with Gasteiger partial charge in [0, 0.05) is 62.9 Å². The molecule has 5 N–H and O–H groups in total. The Kier molecular flexibility index (Phi) is 31.6. The van der Waals surface area contributed by atoms with Gasteiger partial charge in [-0.05, 0) is 145 Å². The third-order valence-corrected chi connectivity index (χ3v) is 19.7. The van der Waals surface area contributed by atoms with E-state index in [0.29, 0.717) is 16.8 Å². The third kappa shape index (κ3) is 24.4. The Morgan fingerprint density at radius 3 is 1.40 bits per heavy atom. The molecule has 634 valence electrons. The molecule has 27 nitrogen and oxygen atoms in total. The van der Waals surface area contributed by atoms with E-state index in [0.717, 1.165) is 24.3 Å². The molecule has 0 aromatic heterocycles. The number of ether oxygens (including phenoxy) is 13. The lowest BCUT2D eigenvalue weighted by atomic mass is 9.98. The number of carbonyl (C=O) groups excluding carboxylic acids is 6. The molecule has 117 heavy (non-hydrogen) atoms. The molecular formula is C83H93F6NO26S. The van der Waals surface area contributed by atoms with Crippen LogP contribution in [0.4, 0.5) is 32.0 Å². The van der Waals surface area contributed by atoms with E-state index in [4.69, 9.17) is 61.6 Å². The molecule has 5 aliphatic heterocycles. The summed E-state index contributed by atoms with van der Waals surface area (Å²) >= 11 is 0. The van der Waals surface area contributed by atoms with Crippen molar-refractivity contribution in [3.05, 3.63) is 196 Å². The van der Waals surface area contributed by atoms with Gasteiger partial charge in [-0.25, -0.2) is 37.1 Å². The van der Waals surface area contributed by atoms with Crippen LogP contribution in [0.3, 0.4) is 0 Å². The van der Waals surface area contributed by atoms with E-state index >= 15 is 8.78 Å². The van der Waals surface area contributed by atoms with Gasteiger partial charge in [0.1, 0.15) is 93.7 Å². The molecule has 2 fully saturated rings. The van der Waals surface area contributed by atoms with Crippen molar-refractivity contribution < 1.29 is 150 Å². The molecule has 5 aliphatic rings. The summed E-state index contributed by atoms with van der Waals surface area (Å²) < 4.78 is 187. The van der Waals surface area contributed by atoms with Gasteiger partial charge in [-0.15, -0.1) is 0 Å². The summed E-state index contributed by atoms with van der Waals surface area (Å²) in [5, 5.41) is 43.3. The fraction of sp³-hybridized carbons (Fsp3) is 0.422. The summed E-state index contributed by atoms with van der Waals surface area (Å²) in [4.78, 5) is 77.5. The second kappa shape index (κ2) is 40.1. The van der Waals surface area contributed by atoms with E-state index in [9.17, 15) is 75.2 Å². The summed E-state index contributed by atoms with van der Waals surface area (Å²) in [5.41, 5.74) is -4.61. The van der Waals surface area contributed by atoms with Crippen LogP contribution in [0.2, 0.25) is 0 Å². The minimum atomic E-state index is -6.11. The van der Waals surface area contributed by atoms with Gasteiger partial charge in [0.25, 0.3) is 0 Å². The van der Waals surface area contributed by atoms with Crippen molar-refractivity contribution >= 4 is 69.7 Å². The monoisotopic (exact) mass is 1670 g/mol. The Morgan fingerprint density at radius 1 is 0.556 bits per heavy atom. The zero-order chi connectivity index (χ0) is 86.2. The largest absolute Gasteiger partial charge is 0.534 e. The Balaban J connectivity index is 0.000000226. The highest BCUT2D eigenvalue weighted by atomic mass is 32.2. The standard InChI is InChI=1S/C32H34F4O11S.C31H35FO9.C20H24FNO6/c1-18-14-23(33)27(44-29(37)20-10-7-6-8-11-20)28-24(45-31(3,4)46-28)13-9-12-21-15-22(47-48(39,40)32(34,35)36)16-25(42-17-41-5)26(21)30(38)43-19(18)2;1-18-14-23(32)27(39-29(34)20-10-7-6-8-11-20)28-24(40-31(3,4)41-28)13-9-12-21-15-22(33)16-25(37-17-36-5)26(21)30(35)38-19(18)2;1-10-7-14(21)18(25)19(26)15(23)6-4-5-12-8-13(22-3)9-16(24)17(12)20(27)28-11(10)2/h6-12,14-16,18-19,24,27-28H,13,17H2,1-5H3;6-12,14-16,18-19,24,27-28,33H,13,17H2,1-5H3;4-5,7-11,15,19,22-24,26H,6H2,1-3H3/b2*12-9?,23-14+;5-4?,14-7+/t2*18-,19+,24?,27?,28?;10-,11+,15+,19+/m111/s1. The molecule has 10 rings (SSSR count). The maximum absolute atomic E-state index is 16.1. The van der Waals surface area contributed by atoms with Crippen molar-refractivity contribution in [3.8, 4) is 28.7 Å². The zero-order valence-electron chi connectivity index (χ0n) is 66.0. The molecule has 0 spiro atoms. The number of cyclic esters (lactones) is 3. The van der Waals surface area contributed by atoms with Crippen molar-refractivity contribution in [3.63, 3.8) is 0 Å². The molecule has 14 atom stereocenters. The molecule has 2 saturated heterocycles. The summed E-state index contributed by atoms with van der Waals surface area (Å²) in [6, 6.07) is 23.5. The normalized spacial score (nSPS) is 27.0. The number of hydrogen-bond acceptors (Lipinski definition) is 27. The number of phenolic OH excluding ortho intramolecular Hbond substituents is 2. The molecule has 34 heteroatoms. The van der Waals surface area contributed by atoms with Crippen LogP contribution < -0.4 is 19.0 Å². The Morgan fingerprint density at radius 2 is 0.966 bits per heavy atom. The van der Waals surface area contributed by atoms with Gasteiger partial charge in [0.05, 0.1) is 29.4 Å². The molecule has 5 heterocycles. The van der Waals surface area contributed by atoms with Gasteiger partial charge in [0.2, 0.25) is 5.78 Å². The predicted octanol–water partition coefficient (Wildman–Crippen LogP) is 13.8. The third-order valence-electron chi connectivity index (χ3n) is 18.7. The lowest BCUT2D eigenvalue weighted by Gasteiger charge is -2.27. The predicted molar refractivity (Wildman–Crippen MR) is 409 cm³/mol. The Hall–Kier alpha value is -10.4. The summed E-state index contributed by atoms with van der Waals surface area (Å²) in [6.45, 7) is 15.2. The fourth-order valence-corrected chi connectivity index (χ4v) is 12.8. The quantitative estimate of drug-likeness (QED) is 0.0182. The molecule has 0 bridgehead atoms. The number of hydrogen-bond donors (Lipinski definition) is 5. The topological polar surface area (TPSA) is 359 Å². The number of halogens is 6. The number of Topliss-reactive ketones (excluding diaryl/α,β-unsaturated/α-hetero) is 1. The minimum Gasteiger partial charge on any atom is -0.508 e. The van der Waals surface area contributed by atoms with Gasteiger partial charge in [-0.2, -0.15) is 21.6 Å². The first-order valence-corrected chi connectivity index (χ1v) is 38.2. The number of aromatic hydroxyl groups is 2. The van der Waals surface area contributed by atoms with Crippen molar-refractivity contribution in [2.75, 3.05) is 40.2 Å². The van der Waals surface area contributed by atoms with Crippen molar-refractivity contribution in [2.24, 2.45) is 17.8 Å². The van der Waals surface area contributed by atoms with Gasteiger partial charge >= 0.3 is 45.5 Å². The maximum atomic E-state index is 16.1. The molecule has 0 amide bonds. The number of fused-ring (bicyclic) bond motifs is 5. The lowest BCUT2D eigenvalue weighted by molar-refractivity contribution is -0.154. The van der Waals surface area contributed by atoms with E-state index in [2.05, 4.69) is 9.50 Å². The molecular weight excluding hydrogens is 1570 g/mol. The van der Waals surface area contributed by atoms with Crippen LogP contribution in [0.25, 0.3) is 18.2 Å². The van der Waals surface area contributed by atoms with Crippen molar-refractivity contribution in [2.45, 2.75) is 173 Å². The second-order valence-corrected chi connectivity index (χ2v) is 30.1. The first-order chi connectivity index (χ1) is 55.1. The fourth-order valence-electron chi connectivity index (χ4n) is 12.3. The van der Waals surface area contributed by atoms with Crippen LogP contribution in [0.5, 0.6) is 28.7 Å². The maximum Gasteiger partial charge on any atom is 0.534 e. The highest BCUT2D eigenvalue weighted by Crippen LogP contribution is 2.42. The van der Waals surface area contributed by atoms with Gasteiger partial charge in [0.15, 0.2) is 43.2 Å². The van der Waals surface area contributed by atoms with Crippen molar-refractivity contribution in [1.82, 2.24) is 0 Å². The zero-order valence-corrected chi connectivity index (χ0v) is 66.8. The average molecular weight is 1670 g/mol. The molecule has 0 aliphatic carbocycles. The van der Waals surface area contributed by atoms with Crippen molar-refractivity contribution in [1.29, 1.82) is 0 Å². The van der Waals surface area contributed by atoms with Crippen LogP contribution in [0.1, 0.15) is 157 Å². The number of alkyl halides is 3. The minimum absolute atomic E-state index is 0.0671. The first-order valence-electron chi connectivity index (χ1n) is 36.8. The van der Waals surface area contributed by atoms with Crippen LogP contribution in [-0.4, -0.2) is 184 Å². The number of esters is 5. The number of aliphatic hydroxyl groups excluding tert-OH is 2. The number of nitrogens with one attached hydrogen (secondary N) is 1. The lowest BCUT2D eigenvalue weighted by Crippen LogP contribution is -2.39. The van der Waals surface area contributed by atoms with E-state index in [1.807, 2.05) is 0 Å². The summed E-state index contributed by atoms with van der Waals surface area (Å²) in [5.74, 6) is -14.4. The number of methoxy groups -OCH3 is 2. The number of ketones is 1. The molecule has 0 radical (unpaired) electrons. The van der Waals surface area contributed by atoms with E-state index in [-0.39, 0.29) is 76.7 Å². The number of benzene rings is 5. The Labute approximate surface area is 671 Å². The van der Waals surface area contributed by atoms with E-state index in [1.165, 1.54) is 103 Å². The highest BCUT2D eigenvalue weighted by Gasteiger charge is 2.51. The number of rotatable bonds is 13. The smallest absolute Gasteiger partial charge is 0.508 e. The number of aliphatic hydroxyl groups is 2. The summed E-state index contributed by atoms with van der Waals surface area (Å²) in [7, 11) is -1.80. The highest BCUT2D eigenvalue weighted by molar-refractivity contribution is 7.88. The van der Waals surface area contributed by atoms with Crippen LogP contribution in [0, 0.1) is 17.8 Å². The van der Waals surface area contributed by atoms with E-state index < -0.39 is 184 Å². The van der Waals surface area contributed by atoms with Gasteiger partial charge in [-0.1, -0.05) is 93.6 Å². The van der Waals surface area contributed by atoms with E-state index in [1.54, 1.807) is 115 Å². The van der Waals surface area contributed by atoms with Gasteiger partial charge < -0.3 is 91.5 Å². The number of anilines is 1. The molecule has 5 aromatic carbocycles. The first kappa shape index (κ1) is 92.1. The SMILES string of the molecule is CNc1cc(O)c2c(c1)C=CC[C@H](O)[C@H](O)C(=O)/C(F)=C\[C@@H](C)[C@H](C)OC2=O.COCOc1cc(O)cc2c1C(=O)O[C@@H](C)[C@H](C)/C=C(/F)C(OC(=O)c1ccccc1)C1OC(C)(C)OC1CC=C2.COCOc1cc(OS(=O)(=O)C(F)(F)F)cc2c1C(=O)O[C@@H](C)[C@H](C)/C=C(/F)C(OC(=O)c1ccccc1)C1OC(C)(C)OC1CC=C2. The van der Waals surface area contributed by atoms with Crippen LogP contribution in [-0.2, 0) is 67.0 Å². The molecule has 6 unspecified atom stereocenters. The summed E-state index contributed by atoms with van der Waals surface area (Å²) in [6.07, 6.45) is -0.858.